The molecule has 8 heteroatoms. The molecule has 0 bridgehead atoms. The van der Waals surface area contributed by atoms with E-state index in [1.54, 1.807) is 11.4 Å². The van der Waals surface area contributed by atoms with Crippen molar-refractivity contribution in [2.24, 2.45) is 0 Å². The van der Waals surface area contributed by atoms with Crippen molar-refractivity contribution in [1.82, 2.24) is 14.9 Å². The molecule has 2 heterocycles. The van der Waals surface area contributed by atoms with Crippen LogP contribution in [0, 0.1) is 0 Å². The summed E-state index contributed by atoms with van der Waals surface area (Å²) in [6.45, 7) is -0.829. The topological polar surface area (TPSA) is 46.9 Å². The summed E-state index contributed by atoms with van der Waals surface area (Å²) in [5.74, 6) is 0. The van der Waals surface area contributed by atoms with E-state index in [0.717, 1.165) is 0 Å². The molecule has 0 atom stereocenters. The number of rotatable bonds is 4. The molecule has 0 aliphatic heterocycles. The number of fused-ring (bicyclic) bond motifs is 1. The van der Waals surface area contributed by atoms with E-state index in [1.807, 2.05) is 0 Å². The molecule has 98 valence electrons. The normalized spacial score (nSPS) is 12.2. The van der Waals surface area contributed by atoms with E-state index in [4.69, 9.17) is 0 Å². The van der Waals surface area contributed by atoms with Gasteiger partial charge in [0.15, 0.2) is 0 Å². The van der Waals surface area contributed by atoms with Gasteiger partial charge in [-0.25, -0.2) is 4.98 Å². The van der Waals surface area contributed by atoms with E-state index < -0.39 is 12.7 Å². The van der Waals surface area contributed by atoms with E-state index in [2.05, 4.69) is 10.3 Å². The largest absolute Gasteiger partial charge is 0.401 e. The van der Waals surface area contributed by atoms with Crippen molar-refractivity contribution in [2.45, 2.75) is 12.7 Å². The molecular weight excluding hydrogens is 267 g/mol. The second kappa shape index (κ2) is 5.07. The lowest BCUT2D eigenvalue weighted by Crippen LogP contribution is -2.33. The number of halogens is 3. The fraction of sp³-hybridized carbons (Fsp3) is 0.400. The van der Waals surface area contributed by atoms with Crippen molar-refractivity contribution in [3.63, 3.8) is 0 Å². The first-order valence-corrected chi connectivity index (χ1v) is 6.05. The highest BCUT2D eigenvalue weighted by Crippen LogP contribution is 2.13. The SMILES string of the molecule is O=c1c2sccc2ncn1CCNCC(F)(F)F. The van der Waals surface area contributed by atoms with Crippen LogP contribution in [0.2, 0.25) is 0 Å². The smallest absolute Gasteiger partial charge is 0.307 e. The Kier molecular flexibility index (Phi) is 3.67. The molecule has 0 aliphatic rings. The summed E-state index contributed by atoms with van der Waals surface area (Å²) < 4.78 is 37.5. The molecule has 1 N–H and O–H groups in total. The Morgan fingerprint density at radius 1 is 1.44 bits per heavy atom. The molecule has 0 unspecified atom stereocenters. The summed E-state index contributed by atoms with van der Waals surface area (Å²) in [7, 11) is 0. The number of hydrogen-bond donors (Lipinski definition) is 1. The Morgan fingerprint density at radius 3 is 2.94 bits per heavy atom. The molecule has 2 aromatic rings. The maximum absolute atomic E-state index is 11.9. The van der Waals surface area contributed by atoms with Crippen molar-refractivity contribution < 1.29 is 13.2 Å². The summed E-state index contributed by atoms with van der Waals surface area (Å²) in [6.07, 6.45) is -2.88. The van der Waals surface area contributed by atoms with Gasteiger partial charge in [0.1, 0.15) is 4.70 Å². The predicted molar refractivity (Wildman–Crippen MR) is 62.8 cm³/mol. The van der Waals surface area contributed by atoms with Crippen LogP contribution in [0.3, 0.4) is 0 Å². The molecular formula is C10H10F3N3OS. The fourth-order valence-corrected chi connectivity index (χ4v) is 2.26. The molecule has 0 radical (unpaired) electrons. The number of aromatic nitrogens is 2. The van der Waals surface area contributed by atoms with Crippen LogP contribution in [-0.4, -0.2) is 28.8 Å². The third-order valence-corrected chi connectivity index (χ3v) is 3.18. The molecule has 0 amide bonds. The zero-order valence-electron chi connectivity index (χ0n) is 9.20. The number of nitrogens with zero attached hydrogens (tertiary/aromatic N) is 2. The summed E-state index contributed by atoms with van der Waals surface area (Å²) in [4.78, 5) is 15.9. The highest BCUT2D eigenvalue weighted by molar-refractivity contribution is 7.17. The summed E-state index contributed by atoms with van der Waals surface area (Å²) in [6, 6.07) is 1.73. The molecule has 2 rings (SSSR count). The van der Waals surface area contributed by atoms with Gasteiger partial charge in [-0.2, -0.15) is 13.2 Å². The molecule has 4 nitrogen and oxygen atoms in total. The number of thiophene rings is 1. The summed E-state index contributed by atoms with van der Waals surface area (Å²) >= 11 is 1.28. The Balaban J connectivity index is 2.00. The second-order valence-corrected chi connectivity index (χ2v) is 4.59. The third kappa shape index (κ3) is 3.08. The minimum Gasteiger partial charge on any atom is -0.307 e. The van der Waals surface area contributed by atoms with Crippen molar-refractivity contribution in [3.05, 3.63) is 28.1 Å². The number of alkyl halides is 3. The Morgan fingerprint density at radius 2 is 2.22 bits per heavy atom. The van der Waals surface area contributed by atoms with Gasteiger partial charge in [0.25, 0.3) is 5.56 Å². The second-order valence-electron chi connectivity index (χ2n) is 3.67. The van der Waals surface area contributed by atoms with Crippen LogP contribution in [0.1, 0.15) is 0 Å². The van der Waals surface area contributed by atoms with Gasteiger partial charge in [0, 0.05) is 13.1 Å². The highest BCUT2D eigenvalue weighted by Gasteiger charge is 2.25. The van der Waals surface area contributed by atoms with Gasteiger partial charge in [-0.3, -0.25) is 9.36 Å². The van der Waals surface area contributed by atoms with Gasteiger partial charge in [-0.05, 0) is 11.4 Å². The first kappa shape index (κ1) is 13.0. The van der Waals surface area contributed by atoms with Gasteiger partial charge in [0.05, 0.1) is 18.4 Å². The maximum Gasteiger partial charge on any atom is 0.401 e. The van der Waals surface area contributed by atoms with Gasteiger partial charge in [-0.15, -0.1) is 11.3 Å². The van der Waals surface area contributed by atoms with Crippen molar-refractivity contribution in [1.29, 1.82) is 0 Å². The van der Waals surface area contributed by atoms with Gasteiger partial charge < -0.3 is 5.32 Å². The van der Waals surface area contributed by atoms with Crippen molar-refractivity contribution in [3.8, 4) is 0 Å². The highest BCUT2D eigenvalue weighted by atomic mass is 32.1. The molecule has 0 spiro atoms. The van der Waals surface area contributed by atoms with Crippen LogP contribution in [-0.2, 0) is 6.54 Å². The quantitative estimate of drug-likeness (QED) is 0.864. The fourth-order valence-electron chi connectivity index (χ4n) is 1.47. The molecule has 18 heavy (non-hydrogen) atoms. The van der Waals surface area contributed by atoms with Crippen LogP contribution < -0.4 is 10.9 Å². The van der Waals surface area contributed by atoms with Gasteiger partial charge >= 0.3 is 6.18 Å². The first-order chi connectivity index (χ1) is 8.47. The van der Waals surface area contributed by atoms with E-state index >= 15 is 0 Å². The zero-order valence-corrected chi connectivity index (χ0v) is 10.0. The van der Waals surface area contributed by atoms with Crippen molar-refractivity contribution in [2.75, 3.05) is 13.1 Å². The molecule has 0 aromatic carbocycles. The Labute approximate surface area is 104 Å². The lowest BCUT2D eigenvalue weighted by atomic mass is 10.4. The van der Waals surface area contributed by atoms with E-state index in [-0.39, 0.29) is 18.6 Å². The number of hydrogen-bond acceptors (Lipinski definition) is 4. The maximum atomic E-state index is 11.9. The van der Waals surface area contributed by atoms with Crippen LogP contribution in [0.5, 0.6) is 0 Å². The average molecular weight is 277 g/mol. The minimum atomic E-state index is -4.24. The Bertz CT molecular complexity index is 590. The van der Waals surface area contributed by atoms with Gasteiger partial charge in [-0.1, -0.05) is 0 Å². The Hall–Kier alpha value is -1.41. The third-order valence-electron chi connectivity index (χ3n) is 2.29. The molecule has 0 fully saturated rings. The van der Waals surface area contributed by atoms with Crippen molar-refractivity contribution >= 4 is 21.6 Å². The lowest BCUT2D eigenvalue weighted by Gasteiger charge is -2.09. The molecule has 2 aromatic heterocycles. The van der Waals surface area contributed by atoms with E-state index in [0.29, 0.717) is 10.2 Å². The summed E-state index contributed by atoms with van der Waals surface area (Å²) in [5, 5.41) is 3.99. The van der Waals surface area contributed by atoms with Crippen LogP contribution >= 0.6 is 11.3 Å². The van der Waals surface area contributed by atoms with E-state index in [9.17, 15) is 18.0 Å². The average Bonchev–Trinajstić information content (AvgIpc) is 2.74. The minimum absolute atomic E-state index is 0.0674. The zero-order chi connectivity index (χ0) is 13.2. The van der Waals surface area contributed by atoms with Crippen LogP contribution in [0.4, 0.5) is 13.2 Å². The lowest BCUT2D eigenvalue weighted by molar-refractivity contribution is -0.124. The number of nitrogens with one attached hydrogen (secondary N) is 1. The molecule has 0 saturated carbocycles. The molecule has 0 aliphatic carbocycles. The predicted octanol–water partition coefficient (Wildman–Crippen LogP) is 1.61. The standard InChI is InChI=1S/C10H10F3N3OS/c11-10(12,13)5-14-2-3-16-6-15-7-1-4-18-8(7)9(16)17/h1,4,6,14H,2-3,5H2. The van der Waals surface area contributed by atoms with Crippen LogP contribution in [0.25, 0.3) is 10.2 Å². The van der Waals surface area contributed by atoms with Crippen LogP contribution in [0.15, 0.2) is 22.6 Å². The monoisotopic (exact) mass is 277 g/mol. The molecule has 0 saturated heterocycles. The van der Waals surface area contributed by atoms with E-state index in [1.165, 1.54) is 22.2 Å². The summed E-state index contributed by atoms with van der Waals surface area (Å²) in [5.41, 5.74) is 0.397. The van der Waals surface area contributed by atoms with Gasteiger partial charge in [0.2, 0.25) is 0 Å². The first-order valence-electron chi connectivity index (χ1n) is 5.17.